The van der Waals surface area contributed by atoms with Gasteiger partial charge in [0, 0.05) is 37.6 Å². The van der Waals surface area contributed by atoms with E-state index >= 15 is 0 Å². The molecule has 0 aromatic heterocycles. The van der Waals surface area contributed by atoms with Crippen LogP contribution < -0.4 is 10.2 Å². The average molecular weight is 417 g/mol. The molecular formula is C20H21ClN4O2S. The maximum Gasteiger partial charge on any atom is 0.337 e. The minimum absolute atomic E-state index is 0.0802. The van der Waals surface area contributed by atoms with Crippen molar-refractivity contribution in [1.82, 2.24) is 4.90 Å². The van der Waals surface area contributed by atoms with E-state index in [9.17, 15) is 4.79 Å². The number of benzene rings is 2. The molecular weight excluding hydrogens is 396 g/mol. The number of aromatic carboxylic acids is 1. The minimum atomic E-state index is -1.04. The molecule has 3 rings (SSSR count). The van der Waals surface area contributed by atoms with Crippen molar-refractivity contribution in [3.8, 4) is 6.07 Å². The SMILES string of the molecule is CN1CCN(c2ccc(C#N)cc2)CC1.O=C(O)c1ccc(NC=S)cc1Cl. The van der Waals surface area contributed by atoms with Crippen molar-refractivity contribution in [2.75, 3.05) is 43.4 Å². The molecule has 0 atom stereocenters. The smallest absolute Gasteiger partial charge is 0.337 e. The molecule has 0 aliphatic carbocycles. The number of hydrogen-bond acceptors (Lipinski definition) is 5. The van der Waals surface area contributed by atoms with Crippen LogP contribution in [-0.4, -0.2) is 54.7 Å². The first-order valence-electron chi connectivity index (χ1n) is 8.61. The lowest BCUT2D eigenvalue weighted by Gasteiger charge is -2.34. The summed E-state index contributed by atoms with van der Waals surface area (Å²) in [7, 11) is 2.15. The lowest BCUT2D eigenvalue weighted by molar-refractivity contribution is 0.0697. The summed E-state index contributed by atoms with van der Waals surface area (Å²) in [6, 6.07) is 14.5. The zero-order valence-electron chi connectivity index (χ0n) is 15.4. The van der Waals surface area contributed by atoms with Crippen LogP contribution in [0.2, 0.25) is 5.02 Å². The van der Waals surface area contributed by atoms with Gasteiger partial charge in [-0.25, -0.2) is 4.79 Å². The summed E-state index contributed by atoms with van der Waals surface area (Å²) in [5.74, 6) is -1.04. The predicted octanol–water partition coefficient (Wildman–Crippen LogP) is 3.72. The number of nitrogens with zero attached hydrogens (tertiary/aromatic N) is 3. The van der Waals surface area contributed by atoms with Crippen LogP contribution in [0.25, 0.3) is 0 Å². The Bertz CT molecular complexity index is 859. The van der Waals surface area contributed by atoms with Crippen LogP contribution in [0, 0.1) is 11.3 Å². The van der Waals surface area contributed by atoms with Crippen molar-refractivity contribution >= 4 is 46.7 Å². The van der Waals surface area contributed by atoms with E-state index in [0.717, 1.165) is 31.7 Å². The number of halogens is 1. The number of carboxylic acids is 1. The van der Waals surface area contributed by atoms with E-state index in [1.54, 1.807) is 6.07 Å². The summed E-state index contributed by atoms with van der Waals surface area (Å²) in [5.41, 5.74) is 4.03. The molecule has 0 bridgehead atoms. The molecule has 1 aliphatic heterocycles. The highest BCUT2D eigenvalue weighted by molar-refractivity contribution is 7.79. The fraction of sp³-hybridized carbons (Fsp3) is 0.250. The Kier molecular flexibility index (Phi) is 8.20. The van der Waals surface area contributed by atoms with Crippen molar-refractivity contribution in [2.24, 2.45) is 0 Å². The van der Waals surface area contributed by atoms with Gasteiger partial charge in [0.05, 0.1) is 27.7 Å². The van der Waals surface area contributed by atoms with Gasteiger partial charge in [-0.3, -0.25) is 0 Å². The molecule has 8 heteroatoms. The molecule has 0 amide bonds. The van der Waals surface area contributed by atoms with E-state index < -0.39 is 5.97 Å². The maximum absolute atomic E-state index is 10.6. The highest BCUT2D eigenvalue weighted by atomic mass is 35.5. The summed E-state index contributed by atoms with van der Waals surface area (Å²) < 4.78 is 0. The Labute approximate surface area is 174 Å². The third kappa shape index (κ3) is 6.20. The largest absolute Gasteiger partial charge is 0.478 e. The van der Waals surface area contributed by atoms with Crippen molar-refractivity contribution in [3.63, 3.8) is 0 Å². The highest BCUT2D eigenvalue weighted by Crippen LogP contribution is 2.20. The number of carboxylic acid groups (broad SMARTS) is 1. The Hall–Kier alpha value is -2.66. The first-order chi connectivity index (χ1) is 13.4. The molecule has 2 N–H and O–H groups in total. The zero-order valence-corrected chi connectivity index (χ0v) is 17.0. The maximum atomic E-state index is 10.6. The molecule has 28 heavy (non-hydrogen) atoms. The molecule has 2 aromatic carbocycles. The highest BCUT2D eigenvalue weighted by Gasteiger charge is 2.13. The van der Waals surface area contributed by atoms with Crippen LogP contribution >= 0.6 is 23.8 Å². The average Bonchev–Trinajstić information content (AvgIpc) is 2.69. The third-order valence-corrected chi connectivity index (χ3v) is 4.72. The van der Waals surface area contributed by atoms with Gasteiger partial charge >= 0.3 is 5.97 Å². The van der Waals surface area contributed by atoms with Gasteiger partial charge in [0.2, 0.25) is 0 Å². The second-order valence-corrected chi connectivity index (χ2v) is 6.85. The quantitative estimate of drug-likeness (QED) is 0.735. The van der Waals surface area contributed by atoms with E-state index in [0.29, 0.717) is 5.69 Å². The molecule has 0 saturated carbocycles. The number of piperazine rings is 1. The Morgan fingerprint density at radius 2 is 1.86 bits per heavy atom. The number of anilines is 2. The lowest BCUT2D eigenvalue weighted by atomic mass is 10.2. The van der Waals surface area contributed by atoms with Crippen LogP contribution in [0.4, 0.5) is 11.4 Å². The van der Waals surface area contributed by atoms with Crippen LogP contribution in [0.3, 0.4) is 0 Å². The van der Waals surface area contributed by atoms with Crippen LogP contribution in [0.5, 0.6) is 0 Å². The number of carbonyl (C=O) groups is 1. The summed E-state index contributed by atoms with van der Waals surface area (Å²) in [6.07, 6.45) is 0. The third-order valence-electron chi connectivity index (χ3n) is 4.29. The van der Waals surface area contributed by atoms with Crippen LogP contribution in [0.1, 0.15) is 15.9 Å². The first kappa shape index (κ1) is 21.6. The van der Waals surface area contributed by atoms with Crippen molar-refractivity contribution in [1.29, 1.82) is 5.26 Å². The standard InChI is InChI=1S/C12H15N3.C8H6ClNO2S/c1-14-6-8-15(9-7-14)12-4-2-11(10-13)3-5-12;9-7-3-5(10-4-13)1-2-6(7)8(11)12/h2-5H,6-9H2,1H3;1-4H,(H,10,13)(H,11,12). The van der Waals surface area contributed by atoms with Gasteiger partial charge < -0.3 is 20.2 Å². The molecule has 6 nitrogen and oxygen atoms in total. The normalized spacial score (nSPS) is 13.7. The Balaban J connectivity index is 0.000000203. The van der Waals surface area contributed by atoms with E-state index in [1.807, 2.05) is 24.3 Å². The molecule has 2 aromatic rings. The lowest BCUT2D eigenvalue weighted by Crippen LogP contribution is -2.44. The fourth-order valence-corrected chi connectivity index (χ4v) is 3.06. The van der Waals surface area contributed by atoms with Crippen molar-refractivity contribution in [2.45, 2.75) is 0 Å². The minimum Gasteiger partial charge on any atom is -0.478 e. The van der Waals surface area contributed by atoms with Crippen LogP contribution in [-0.2, 0) is 0 Å². The zero-order chi connectivity index (χ0) is 20.5. The number of rotatable bonds is 4. The Morgan fingerprint density at radius 1 is 1.21 bits per heavy atom. The summed E-state index contributed by atoms with van der Waals surface area (Å²) in [4.78, 5) is 15.3. The van der Waals surface area contributed by atoms with Gasteiger partial charge in [-0.2, -0.15) is 5.26 Å². The van der Waals surface area contributed by atoms with E-state index in [1.165, 1.54) is 23.3 Å². The van der Waals surface area contributed by atoms with E-state index in [-0.39, 0.29) is 10.6 Å². The number of thiocarbonyl (C=S) groups is 1. The number of likely N-dealkylation sites (N-methyl/N-ethyl adjacent to an activating group) is 1. The van der Waals surface area contributed by atoms with Crippen LogP contribution in [0.15, 0.2) is 42.5 Å². The number of nitrogens with one attached hydrogen (secondary N) is 1. The molecule has 1 fully saturated rings. The van der Waals surface area contributed by atoms with Gasteiger partial charge in [-0.05, 0) is 49.5 Å². The summed E-state index contributed by atoms with van der Waals surface area (Å²) >= 11 is 10.3. The summed E-state index contributed by atoms with van der Waals surface area (Å²) in [5, 5.41) is 20.3. The molecule has 0 radical (unpaired) electrons. The fourth-order valence-electron chi connectivity index (χ4n) is 2.66. The first-order valence-corrected chi connectivity index (χ1v) is 9.46. The second-order valence-electron chi connectivity index (χ2n) is 6.21. The molecule has 0 spiro atoms. The monoisotopic (exact) mass is 416 g/mol. The predicted molar refractivity (Wildman–Crippen MR) is 117 cm³/mol. The van der Waals surface area contributed by atoms with E-state index in [4.69, 9.17) is 22.0 Å². The molecule has 146 valence electrons. The number of nitriles is 1. The molecule has 1 aliphatic rings. The second kappa shape index (κ2) is 10.6. The molecule has 1 heterocycles. The van der Waals surface area contributed by atoms with Gasteiger partial charge in [0.15, 0.2) is 0 Å². The van der Waals surface area contributed by atoms with Crippen molar-refractivity contribution in [3.05, 3.63) is 58.6 Å². The molecule has 1 saturated heterocycles. The van der Waals surface area contributed by atoms with Crippen molar-refractivity contribution < 1.29 is 9.90 Å². The van der Waals surface area contributed by atoms with Gasteiger partial charge in [-0.15, -0.1) is 0 Å². The topological polar surface area (TPSA) is 79.6 Å². The number of hydrogen-bond donors (Lipinski definition) is 2. The van der Waals surface area contributed by atoms with Gasteiger partial charge in [0.25, 0.3) is 0 Å². The molecule has 0 unspecified atom stereocenters. The van der Waals surface area contributed by atoms with Gasteiger partial charge in [-0.1, -0.05) is 23.8 Å². The summed E-state index contributed by atoms with van der Waals surface area (Å²) in [6.45, 7) is 4.37. The van der Waals surface area contributed by atoms with Gasteiger partial charge in [0.1, 0.15) is 0 Å². The van der Waals surface area contributed by atoms with E-state index in [2.05, 4.69) is 40.5 Å². The Morgan fingerprint density at radius 3 is 2.36 bits per heavy atom.